The van der Waals surface area contributed by atoms with Gasteiger partial charge in [0.1, 0.15) is 0 Å². The molecule has 1 fully saturated rings. The Kier molecular flexibility index (Phi) is 3.78. The highest BCUT2D eigenvalue weighted by atomic mass is 16.5. The van der Waals surface area contributed by atoms with Crippen molar-refractivity contribution in [2.24, 2.45) is 11.3 Å². The van der Waals surface area contributed by atoms with Gasteiger partial charge in [0, 0.05) is 11.1 Å². The van der Waals surface area contributed by atoms with Gasteiger partial charge in [-0.1, -0.05) is 0 Å². The van der Waals surface area contributed by atoms with Gasteiger partial charge in [0.15, 0.2) is 5.41 Å². The zero-order valence-corrected chi connectivity index (χ0v) is 12.3. The van der Waals surface area contributed by atoms with Crippen LogP contribution in [0.3, 0.4) is 0 Å². The molecule has 18 heavy (non-hydrogen) atoms. The molecule has 0 radical (unpaired) electrons. The smallest absolute Gasteiger partial charge is 0.326 e. The van der Waals surface area contributed by atoms with Crippen LogP contribution in [0.1, 0.15) is 47.5 Å². The summed E-state index contributed by atoms with van der Waals surface area (Å²) in [5, 5.41) is 13.0. The van der Waals surface area contributed by atoms with Gasteiger partial charge in [-0.3, -0.25) is 4.79 Å². The summed E-state index contributed by atoms with van der Waals surface area (Å²) in [6, 6.07) is 2.17. The van der Waals surface area contributed by atoms with Gasteiger partial charge in [0.2, 0.25) is 0 Å². The molecular weight excluding hydrogens is 228 g/mol. The first kappa shape index (κ1) is 15.0. The van der Waals surface area contributed by atoms with Crippen LogP contribution in [0, 0.1) is 22.7 Å². The highest BCUT2D eigenvalue weighted by molar-refractivity contribution is 5.79. The molecule has 0 amide bonds. The predicted molar refractivity (Wildman–Crippen MR) is 69.8 cm³/mol. The molecule has 1 unspecified atom stereocenters. The molecule has 102 valence electrons. The summed E-state index contributed by atoms with van der Waals surface area (Å²) >= 11 is 0. The Morgan fingerprint density at radius 2 is 1.78 bits per heavy atom. The monoisotopic (exact) mass is 252 g/mol. The van der Waals surface area contributed by atoms with Crippen LogP contribution >= 0.6 is 0 Å². The molecule has 0 aromatic rings. The van der Waals surface area contributed by atoms with Crippen LogP contribution in [0.4, 0.5) is 0 Å². The van der Waals surface area contributed by atoms with Crippen LogP contribution < -0.4 is 5.32 Å². The van der Waals surface area contributed by atoms with Crippen LogP contribution in [-0.4, -0.2) is 24.2 Å². The number of hydrogen-bond donors (Lipinski definition) is 1. The quantitative estimate of drug-likeness (QED) is 0.766. The Hall–Kier alpha value is -1.08. The zero-order valence-electron chi connectivity index (χ0n) is 12.3. The minimum atomic E-state index is -1.06. The third-order valence-corrected chi connectivity index (χ3v) is 3.85. The fourth-order valence-corrected chi connectivity index (χ4v) is 3.25. The van der Waals surface area contributed by atoms with Gasteiger partial charge in [-0.2, -0.15) is 5.26 Å². The van der Waals surface area contributed by atoms with E-state index in [1.807, 2.05) is 0 Å². The molecule has 4 nitrogen and oxygen atoms in total. The molecule has 1 heterocycles. The molecule has 0 bridgehead atoms. The third kappa shape index (κ3) is 2.84. The van der Waals surface area contributed by atoms with E-state index in [2.05, 4.69) is 39.1 Å². The Balaban J connectivity index is 3.08. The third-order valence-electron chi connectivity index (χ3n) is 3.85. The topological polar surface area (TPSA) is 62.1 Å². The van der Waals surface area contributed by atoms with E-state index in [1.54, 1.807) is 6.92 Å². The lowest BCUT2D eigenvalue weighted by molar-refractivity contribution is -0.152. The maximum atomic E-state index is 11.9. The Morgan fingerprint density at radius 3 is 2.11 bits per heavy atom. The molecule has 1 saturated heterocycles. The average Bonchev–Trinajstić information content (AvgIpc) is 2.22. The van der Waals surface area contributed by atoms with E-state index in [1.165, 1.54) is 7.11 Å². The first-order chi connectivity index (χ1) is 8.06. The Labute approximate surface area is 110 Å². The Morgan fingerprint density at radius 1 is 1.33 bits per heavy atom. The summed E-state index contributed by atoms with van der Waals surface area (Å²) in [6.45, 7) is 10.1. The van der Waals surface area contributed by atoms with Crippen LogP contribution in [0.25, 0.3) is 0 Å². The molecular formula is C14H24N2O2. The van der Waals surface area contributed by atoms with Crippen molar-refractivity contribution in [3.63, 3.8) is 0 Å². The molecule has 0 aromatic heterocycles. The number of carbonyl (C=O) groups is 1. The maximum absolute atomic E-state index is 11.9. The maximum Gasteiger partial charge on any atom is 0.326 e. The lowest BCUT2D eigenvalue weighted by Gasteiger charge is -2.49. The van der Waals surface area contributed by atoms with E-state index in [4.69, 9.17) is 4.74 Å². The average molecular weight is 252 g/mol. The van der Waals surface area contributed by atoms with E-state index in [-0.39, 0.29) is 17.0 Å². The summed E-state index contributed by atoms with van der Waals surface area (Å²) < 4.78 is 4.81. The number of carbonyl (C=O) groups excluding carboxylic acids is 1. The number of nitrogens with one attached hydrogen (secondary N) is 1. The minimum Gasteiger partial charge on any atom is -0.468 e. The van der Waals surface area contributed by atoms with Crippen LogP contribution in [0.5, 0.6) is 0 Å². The van der Waals surface area contributed by atoms with Crippen LogP contribution in [0.15, 0.2) is 0 Å². The largest absolute Gasteiger partial charge is 0.468 e. The van der Waals surface area contributed by atoms with Crippen molar-refractivity contribution in [1.29, 1.82) is 5.26 Å². The number of hydrogen-bond acceptors (Lipinski definition) is 4. The van der Waals surface area contributed by atoms with Crippen molar-refractivity contribution in [2.45, 2.75) is 58.5 Å². The lowest BCUT2D eigenvalue weighted by atomic mass is 9.65. The fourth-order valence-electron chi connectivity index (χ4n) is 3.25. The standard InChI is InChI=1S/C14H24N2O2/c1-12(2)7-10(8-13(3,4)16-12)14(5,9-15)11(17)18-6/h10,16H,7-8H2,1-6H3. The molecule has 1 aliphatic rings. The lowest BCUT2D eigenvalue weighted by Crippen LogP contribution is -2.60. The molecule has 0 saturated carbocycles. The minimum absolute atomic E-state index is 0.00111. The second kappa shape index (κ2) is 4.55. The van der Waals surface area contributed by atoms with Gasteiger partial charge in [-0.05, 0) is 53.4 Å². The highest BCUT2D eigenvalue weighted by Gasteiger charge is 2.50. The van der Waals surface area contributed by atoms with Crippen LogP contribution in [-0.2, 0) is 9.53 Å². The van der Waals surface area contributed by atoms with Crippen molar-refractivity contribution in [1.82, 2.24) is 5.32 Å². The molecule has 0 aromatic carbocycles. The second-order valence-corrected chi connectivity index (χ2v) is 6.80. The van der Waals surface area contributed by atoms with Crippen molar-refractivity contribution in [2.75, 3.05) is 7.11 Å². The SMILES string of the molecule is COC(=O)C(C)(C#N)C1CC(C)(C)NC(C)(C)C1. The van der Waals surface area contributed by atoms with Gasteiger partial charge in [-0.25, -0.2) is 0 Å². The number of nitrogens with zero attached hydrogens (tertiary/aromatic N) is 1. The number of piperidine rings is 1. The molecule has 1 rings (SSSR count). The summed E-state index contributed by atoms with van der Waals surface area (Å²) in [6.07, 6.45) is 1.57. The fraction of sp³-hybridized carbons (Fsp3) is 0.857. The van der Waals surface area contributed by atoms with Gasteiger partial charge in [0.05, 0.1) is 13.2 Å². The highest BCUT2D eigenvalue weighted by Crippen LogP contribution is 2.43. The van der Waals surface area contributed by atoms with Crippen molar-refractivity contribution >= 4 is 5.97 Å². The van der Waals surface area contributed by atoms with E-state index in [9.17, 15) is 10.1 Å². The van der Waals surface area contributed by atoms with E-state index in [0.29, 0.717) is 0 Å². The number of nitriles is 1. The van der Waals surface area contributed by atoms with Crippen molar-refractivity contribution < 1.29 is 9.53 Å². The van der Waals surface area contributed by atoms with Crippen molar-refractivity contribution in [3.8, 4) is 6.07 Å². The van der Waals surface area contributed by atoms with Gasteiger partial charge in [-0.15, -0.1) is 0 Å². The van der Waals surface area contributed by atoms with Gasteiger partial charge < -0.3 is 10.1 Å². The second-order valence-electron chi connectivity index (χ2n) is 6.80. The summed E-state index contributed by atoms with van der Waals surface area (Å²) in [4.78, 5) is 11.9. The predicted octanol–water partition coefficient (Wildman–Crippen LogP) is 2.25. The van der Waals surface area contributed by atoms with Gasteiger partial charge >= 0.3 is 5.97 Å². The molecule has 0 spiro atoms. The number of methoxy groups -OCH3 is 1. The molecule has 1 atom stereocenters. The van der Waals surface area contributed by atoms with Crippen LogP contribution in [0.2, 0.25) is 0 Å². The normalized spacial score (nSPS) is 25.8. The van der Waals surface area contributed by atoms with E-state index >= 15 is 0 Å². The zero-order chi connectivity index (χ0) is 14.2. The number of rotatable bonds is 2. The summed E-state index contributed by atoms with van der Waals surface area (Å²) in [5.74, 6) is -0.426. The molecule has 1 N–H and O–H groups in total. The number of esters is 1. The summed E-state index contributed by atoms with van der Waals surface area (Å²) in [7, 11) is 1.34. The number of ether oxygens (including phenoxy) is 1. The first-order valence-corrected chi connectivity index (χ1v) is 6.35. The van der Waals surface area contributed by atoms with E-state index < -0.39 is 11.4 Å². The Bertz CT molecular complexity index is 366. The summed E-state index contributed by atoms with van der Waals surface area (Å²) in [5.41, 5.74) is -1.23. The van der Waals surface area contributed by atoms with E-state index in [0.717, 1.165) is 12.8 Å². The first-order valence-electron chi connectivity index (χ1n) is 6.35. The van der Waals surface area contributed by atoms with Gasteiger partial charge in [0.25, 0.3) is 0 Å². The van der Waals surface area contributed by atoms with Crippen molar-refractivity contribution in [3.05, 3.63) is 0 Å². The molecule has 0 aliphatic carbocycles. The molecule has 1 aliphatic heterocycles. The molecule has 4 heteroatoms.